The van der Waals surface area contributed by atoms with Crippen molar-refractivity contribution in [1.82, 2.24) is 9.78 Å². The topological polar surface area (TPSA) is 87.2 Å². The van der Waals surface area contributed by atoms with Gasteiger partial charge in [0.15, 0.2) is 5.69 Å². The summed E-state index contributed by atoms with van der Waals surface area (Å²) >= 11 is 0. The lowest BCUT2D eigenvalue weighted by Gasteiger charge is -2.13. The summed E-state index contributed by atoms with van der Waals surface area (Å²) in [5.74, 6) is 0.600. The second kappa shape index (κ2) is 7.53. The molecular formula is C19H18F3N3O3S. The molecule has 3 aromatic rings. The zero-order valence-corrected chi connectivity index (χ0v) is 16.4. The second-order valence-electron chi connectivity index (χ2n) is 6.22. The van der Waals surface area contributed by atoms with Crippen LogP contribution in [0.25, 0.3) is 16.9 Å². The highest BCUT2D eigenvalue weighted by atomic mass is 32.2. The molecule has 0 bridgehead atoms. The van der Waals surface area contributed by atoms with Crippen molar-refractivity contribution in [1.29, 1.82) is 0 Å². The summed E-state index contributed by atoms with van der Waals surface area (Å²) in [4.78, 5) is -0.331. The number of sulfonamides is 1. The second-order valence-corrected chi connectivity index (χ2v) is 7.75. The molecule has 0 amide bonds. The van der Waals surface area contributed by atoms with E-state index in [0.29, 0.717) is 17.7 Å². The molecule has 6 nitrogen and oxygen atoms in total. The van der Waals surface area contributed by atoms with Gasteiger partial charge < -0.3 is 4.74 Å². The highest BCUT2D eigenvalue weighted by molar-refractivity contribution is 7.89. The van der Waals surface area contributed by atoms with Gasteiger partial charge in [0, 0.05) is 5.56 Å². The molecule has 1 aromatic heterocycles. The number of hydrogen-bond acceptors (Lipinski definition) is 4. The maximum absolute atomic E-state index is 13.4. The van der Waals surface area contributed by atoms with Crippen LogP contribution in [0.15, 0.2) is 53.4 Å². The first-order chi connectivity index (χ1) is 13.6. The maximum atomic E-state index is 13.4. The fraction of sp³-hybridized carbons (Fsp3) is 0.211. The molecule has 2 N–H and O–H groups in total. The predicted molar refractivity (Wildman–Crippen MR) is 101 cm³/mol. The molecular weight excluding hydrogens is 407 g/mol. The predicted octanol–water partition coefficient (Wildman–Crippen LogP) is 3.78. The van der Waals surface area contributed by atoms with Gasteiger partial charge in [0.1, 0.15) is 10.6 Å². The minimum Gasteiger partial charge on any atom is -0.496 e. The number of nitrogens with two attached hydrogens (primary N) is 1. The molecule has 0 unspecified atom stereocenters. The van der Waals surface area contributed by atoms with E-state index >= 15 is 0 Å². The molecule has 1 heterocycles. The Labute approximate surface area is 165 Å². The molecule has 0 fully saturated rings. The Morgan fingerprint density at radius 1 is 1.14 bits per heavy atom. The first-order valence-electron chi connectivity index (χ1n) is 8.53. The van der Waals surface area contributed by atoms with E-state index < -0.39 is 21.9 Å². The average Bonchev–Trinajstić information content (AvgIpc) is 3.12. The van der Waals surface area contributed by atoms with Gasteiger partial charge in [-0.1, -0.05) is 19.1 Å². The molecule has 0 saturated carbocycles. The molecule has 0 atom stereocenters. The van der Waals surface area contributed by atoms with Crippen LogP contribution in [0.4, 0.5) is 13.2 Å². The summed E-state index contributed by atoms with van der Waals surface area (Å²) in [5, 5.41) is 8.89. The van der Waals surface area contributed by atoms with Crippen molar-refractivity contribution < 1.29 is 26.3 Å². The van der Waals surface area contributed by atoms with Gasteiger partial charge in [0.2, 0.25) is 10.0 Å². The number of halogens is 3. The third-order valence-electron chi connectivity index (χ3n) is 4.36. The number of nitrogens with zero attached hydrogens (tertiary/aromatic N) is 2. The van der Waals surface area contributed by atoms with Crippen LogP contribution in [0, 0.1) is 0 Å². The molecule has 0 radical (unpaired) electrons. The van der Waals surface area contributed by atoms with E-state index in [1.54, 1.807) is 18.2 Å². The number of alkyl halides is 3. The molecule has 0 aliphatic heterocycles. The lowest BCUT2D eigenvalue weighted by molar-refractivity contribution is -0.141. The van der Waals surface area contributed by atoms with Crippen molar-refractivity contribution in [2.45, 2.75) is 24.4 Å². The Hall–Kier alpha value is -2.85. The van der Waals surface area contributed by atoms with Crippen molar-refractivity contribution in [3.63, 3.8) is 0 Å². The van der Waals surface area contributed by atoms with Gasteiger partial charge in [-0.05, 0) is 48.4 Å². The van der Waals surface area contributed by atoms with E-state index in [1.165, 1.54) is 31.4 Å². The van der Waals surface area contributed by atoms with Gasteiger partial charge in [-0.25, -0.2) is 18.2 Å². The molecule has 154 valence electrons. The van der Waals surface area contributed by atoms with Crippen molar-refractivity contribution in [2.24, 2.45) is 5.14 Å². The van der Waals surface area contributed by atoms with Gasteiger partial charge in [-0.3, -0.25) is 0 Å². The van der Waals surface area contributed by atoms with Crippen molar-refractivity contribution in [3.8, 4) is 22.7 Å². The van der Waals surface area contributed by atoms with Gasteiger partial charge in [0.05, 0.1) is 18.5 Å². The van der Waals surface area contributed by atoms with Gasteiger partial charge >= 0.3 is 6.18 Å². The molecule has 3 rings (SSSR count). The summed E-state index contributed by atoms with van der Waals surface area (Å²) in [6.45, 7) is 1.89. The summed E-state index contributed by atoms with van der Waals surface area (Å²) in [6.07, 6.45) is -4.12. The maximum Gasteiger partial charge on any atom is 0.435 e. The minimum absolute atomic E-state index is 0.0747. The number of rotatable bonds is 5. The smallest absolute Gasteiger partial charge is 0.435 e. The number of benzene rings is 2. The fourth-order valence-electron chi connectivity index (χ4n) is 3.00. The molecule has 0 aliphatic rings. The van der Waals surface area contributed by atoms with Crippen molar-refractivity contribution in [2.75, 3.05) is 7.11 Å². The number of hydrogen-bond donors (Lipinski definition) is 1. The molecule has 0 spiro atoms. The van der Waals surface area contributed by atoms with Crippen LogP contribution in [0.2, 0.25) is 0 Å². The van der Waals surface area contributed by atoms with Crippen LogP contribution in [-0.2, 0) is 22.6 Å². The standard InChI is InChI=1S/C19H18F3N3O3S/c1-3-12-10-13(8-9-16(12)28-2)15-11-18(19(20,21)22)24-25(15)14-6-4-5-7-17(14)29(23,26)27/h4-11H,3H2,1-2H3,(H2,23,26,27). The number of para-hydroxylation sites is 1. The highest BCUT2D eigenvalue weighted by Gasteiger charge is 2.36. The van der Waals surface area contributed by atoms with E-state index in [1.807, 2.05) is 6.92 Å². The first-order valence-corrected chi connectivity index (χ1v) is 10.1. The lowest BCUT2D eigenvalue weighted by atomic mass is 10.0. The molecule has 0 saturated heterocycles. The van der Waals surface area contributed by atoms with Crippen LogP contribution in [0.1, 0.15) is 18.2 Å². The number of methoxy groups -OCH3 is 1. The Morgan fingerprint density at radius 3 is 2.41 bits per heavy atom. The highest BCUT2D eigenvalue weighted by Crippen LogP contribution is 2.35. The van der Waals surface area contributed by atoms with E-state index in [9.17, 15) is 21.6 Å². The molecule has 0 aliphatic carbocycles. The third kappa shape index (κ3) is 4.13. The monoisotopic (exact) mass is 425 g/mol. The number of ether oxygens (including phenoxy) is 1. The van der Waals surface area contributed by atoms with Crippen molar-refractivity contribution >= 4 is 10.0 Å². The molecule has 29 heavy (non-hydrogen) atoms. The Bertz CT molecular complexity index is 1150. The van der Waals surface area contributed by atoms with E-state index in [0.717, 1.165) is 16.3 Å². The number of aryl methyl sites for hydroxylation is 1. The normalized spacial score (nSPS) is 12.2. The zero-order valence-electron chi connectivity index (χ0n) is 15.6. The van der Waals surface area contributed by atoms with E-state index in [2.05, 4.69) is 5.10 Å². The zero-order chi connectivity index (χ0) is 21.4. The van der Waals surface area contributed by atoms with E-state index in [-0.39, 0.29) is 16.3 Å². The van der Waals surface area contributed by atoms with Crippen molar-refractivity contribution in [3.05, 3.63) is 59.8 Å². The quantitative estimate of drug-likeness (QED) is 0.674. The molecule has 10 heteroatoms. The lowest BCUT2D eigenvalue weighted by Crippen LogP contribution is -2.16. The summed E-state index contributed by atoms with van der Waals surface area (Å²) in [6, 6.07) is 11.3. The number of primary sulfonamides is 1. The summed E-state index contributed by atoms with van der Waals surface area (Å²) < 4.78 is 70.3. The van der Waals surface area contributed by atoms with Gasteiger partial charge in [0.25, 0.3) is 0 Å². The number of aromatic nitrogens is 2. The SMILES string of the molecule is CCc1cc(-c2cc(C(F)(F)F)nn2-c2ccccc2S(N)(=O)=O)ccc1OC. The van der Waals surface area contributed by atoms with Gasteiger partial charge in [-0.15, -0.1) is 0 Å². The van der Waals surface area contributed by atoms with Crippen LogP contribution < -0.4 is 9.88 Å². The average molecular weight is 425 g/mol. The first kappa shape index (κ1) is 20.9. The van der Waals surface area contributed by atoms with Crippen LogP contribution >= 0.6 is 0 Å². The minimum atomic E-state index is -4.71. The van der Waals surface area contributed by atoms with Gasteiger partial charge in [-0.2, -0.15) is 18.3 Å². The fourth-order valence-corrected chi connectivity index (χ4v) is 3.71. The Kier molecular flexibility index (Phi) is 5.42. The Morgan fingerprint density at radius 2 is 1.83 bits per heavy atom. The summed E-state index contributed by atoms with van der Waals surface area (Å²) in [7, 11) is -2.69. The third-order valence-corrected chi connectivity index (χ3v) is 5.32. The van der Waals surface area contributed by atoms with Crippen LogP contribution in [0.3, 0.4) is 0 Å². The molecule has 2 aromatic carbocycles. The Balaban J connectivity index is 2.32. The van der Waals surface area contributed by atoms with Crippen LogP contribution in [0.5, 0.6) is 5.75 Å². The van der Waals surface area contributed by atoms with Crippen LogP contribution in [-0.4, -0.2) is 25.3 Å². The summed E-state index contributed by atoms with van der Waals surface area (Å²) in [5.41, 5.74) is 0.0617. The van der Waals surface area contributed by atoms with E-state index in [4.69, 9.17) is 9.88 Å². The largest absolute Gasteiger partial charge is 0.496 e.